The van der Waals surface area contributed by atoms with Crippen molar-refractivity contribution in [3.8, 4) is 0 Å². The number of halogens is 2. The Labute approximate surface area is 169 Å². The lowest BCUT2D eigenvalue weighted by atomic mass is 10.2. The smallest absolute Gasteiger partial charge is 0.272 e. The van der Waals surface area contributed by atoms with Crippen molar-refractivity contribution in [1.82, 2.24) is 14.5 Å². The van der Waals surface area contributed by atoms with Crippen LogP contribution in [0.25, 0.3) is 0 Å². The van der Waals surface area contributed by atoms with Crippen LogP contribution in [-0.2, 0) is 16.6 Å². The van der Waals surface area contributed by atoms with Gasteiger partial charge in [-0.05, 0) is 42.0 Å². The lowest BCUT2D eigenvalue weighted by Crippen LogP contribution is -2.26. The predicted molar refractivity (Wildman–Crippen MR) is 104 cm³/mol. The average molecular weight is 441 g/mol. The Hall–Kier alpha value is -2.40. The van der Waals surface area contributed by atoms with Gasteiger partial charge in [-0.2, -0.15) is 4.31 Å². The van der Waals surface area contributed by atoms with Crippen LogP contribution >= 0.6 is 22.9 Å². The molecule has 0 atom stereocenters. The maximum absolute atomic E-state index is 12.9. The van der Waals surface area contributed by atoms with Gasteiger partial charge in [0, 0.05) is 24.2 Å². The summed E-state index contributed by atoms with van der Waals surface area (Å²) in [4.78, 5) is 12.1. The summed E-state index contributed by atoms with van der Waals surface area (Å²) in [5.41, 5.74) is 0.964. The second-order valence-electron chi connectivity index (χ2n) is 5.72. The third kappa shape index (κ3) is 4.71. The predicted octanol–water partition coefficient (Wildman–Crippen LogP) is 3.40. The number of aromatic nitrogens is 2. The summed E-state index contributed by atoms with van der Waals surface area (Å²) < 4.78 is 39.1. The molecule has 11 heteroatoms. The summed E-state index contributed by atoms with van der Waals surface area (Å²) in [5, 5.41) is 10.4. The van der Waals surface area contributed by atoms with E-state index < -0.39 is 21.7 Å². The monoisotopic (exact) mass is 440 g/mol. The number of anilines is 1. The molecule has 28 heavy (non-hydrogen) atoms. The molecule has 3 aromatic rings. The van der Waals surface area contributed by atoms with Crippen LogP contribution in [0.2, 0.25) is 5.02 Å². The summed E-state index contributed by atoms with van der Waals surface area (Å²) in [7, 11) is -2.47. The van der Waals surface area contributed by atoms with Crippen molar-refractivity contribution in [3.05, 3.63) is 70.5 Å². The molecule has 7 nitrogen and oxygen atoms in total. The number of carbonyl (C=O) groups is 1. The van der Waals surface area contributed by atoms with Gasteiger partial charge >= 0.3 is 0 Å². The summed E-state index contributed by atoms with van der Waals surface area (Å²) >= 11 is 6.56. The third-order valence-electron chi connectivity index (χ3n) is 3.68. The summed E-state index contributed by atoms with van der Waals surface area (Å²) in [6.45, 7) is 0.121. The third-order valence-corrected chi connectivity index (χ3v) is 6.92. The maximum Gasteiger partial charge on any atom is 0.272 e. The highest BCUT2D eigenvalue weighted by molar-refractivity contribution is 7.91. The summed E-state index contributed by atoms with van der Waals surface area (Å²) in [6, 6.07) is 11.7. The molecule has 0 unspecified atom stereocenters. The van der Waals surface area contributed by atoms with Crippen molar-refractivity contribution in [2.75, 3.05) is 12.4 Å². The molecule has 1 amide bonds. The van der Waals surface area contributed by atoms with Crippen LogP contribution in [0.5, 0.6) is 0 Å². The maximum atomic E-state index is 12.9. The van der Waals surface area contributed by atoms with Crippen LogP contribution in [0.4, 0.5) is 9.52 Å². The van der Waals surface area contributed by atoms with Gasteiger partial charge in [-0.3, -0.25) is 10.1 Å². The average Bonchev–Trinajstić information content (AvgIpc) is 3.13. The first-order chi connectivity index (χ1) is 13.3. The molecule has 0 spiro atoms. The number of nitrogens with one attached hydrogen (secondary N) is 1. The lowest BCUT2D eigenvalue weighted by Gasteiger charge is -2.14. The normalized spacial score (nSPS) is 11.6. The van der Waals surface area contributed by atoms with E-state index in [1.165, 1.54) is 19.2 Å². The summed E-state index contributed by atoms with van der Waals surface area (Å²) in [5.74, 6) is -1.01. The molecule has 3 rings (SSSR count). The SMILES string of the molecule is CN(Cc1ccc(Cl)cc1)S(=O)(=O)c1nnc(NC(=O)c2ccc(F)cc2)s1. The molecule has 0 radical (unpaired) electrons. The van der Waals surface area contributed by atoms with E-state index in [9.17, 15) is 17.6 Å². The zero-order valence-corrected chi connectivity index (χ0v) is 16.9. The number of hydrogen-bond donors (Lipinski definition) is 1. The van der Waals surface area contributed by atoms with E-state index in [0.29, 0.717) is 5.02 Å². The van der Waals surface area contributed by atoms with Gasteiger partial charge in [0.1, 0.15) is 5.82 Å². The van der Waals surface area contributed by atoms with Gasteiger partial charge in [-0.25, -0.2) is 12.8 Å². The van der Waals surface area contributed by atoms with Gasteiger partial charge in [-0.1, -0.05) is 35.1 Å². The van der Waals surface area contributed by atoms with Crippen molar-refractivity contribution >= 4 is 44.0 Å². The van der Waals surface area contributed by atoms with Crippen LogP contribution in [0, 0.1) is 5.82 Å². The topological polar surface area (TPSA) is 92.3 Å². The molecular formula is C17H14ClFN4O3S2. The molecule has 1 heterocycles. The number of rotatable bonds is 6. The highest BCUT2D eigenvalue weighted by Gasteiger charge is 2.26. The molecular weight excluding hydrogens is 427 g/mol. The van der Waals surface area contributed by atoms with E-state index in [2.05, 4.69) is 15.5 Å². The Bertz CT molecular complexity index is 1090. The van der Waals surface area contributed by atoms with Crippen molar-refractivity contribution < 1.29 is 17.6 Å². The van der Waals surface area contributed by atoms with Gasteiger partial charge in [0.05, 0.1) is 0 Å². The van der Waals surface area contributed by atoms with E-state index in [0.717, 1.165) is 33.3 Å². The van der Waals surface area contributed by atoms with Crippen LogP contribution in [0.15, 0.2) is 52.9 Å². The molecule has 0 saturated heterocycles. The lowest BCUT2D eigenvalue weighted by molar-refractivity contribution is 0.102. The first-order valence-corrected chi connectivity index (χ1v) is 10.5. The molecule has 0 fully saturated rings. The van der Waals surface area contributed by atoms with Crippen molar-refractivity contribution in [3.63, 3.8) is 0 Å². The quantitative estimate of drug-likeness (QED) is 0.593. The van der Waals surface area contributed by atoms with Gasteiger partial charge in [0.15, 0.2) is 0 Å². The zero-order chi connectivity index (χ0) is 20.3. The fourth-order valence-electron chi connectivity index (χ4n) is 2.20. The van der Waals surface area contributed by atoms with Crippen LogP contribution < -0.4 is 5.32 Å². The first-order valence-electron chi connectivity index (χ1n) is 7.87. The molecule has 1 N–H and O–H groups in total. The molecule has 146 valence electrons. The Kier molecular flexibility index (Phi) is 6.04. The van der Waals surface area contributed by atoms with E-state index >= 15 is 0 Å². The highest BCUT2D eigenvalue weighted by atomic mass is 35.5. The second-order valence-corrected chi connectivity index (χ2v) is 9.35. The number of amides is 1. The zero-order valence-electron chi connectivity index (χ0n) is 14.5. The standard InChI is InChI=1S/C17H14ClFN4O3S2/c1-23(10-11-2-6-13(18)7-3-11)28(25,26)17-22-21-16(27-17)20-15(24)12-4-8-14(19)9-5-12/h2-9H,10H2,1H3,(H,20,21,24). The number of carbonyl (C=O) groups excluding carboxylic acids is 1. The minimum Gasteiger partial charge on any atom is -0.296 e. The van der Waals surface area contributed by atoms with Gasteiger partial charge in [0.2, 0.25) is 9.47 Å². The van der Waals surface area contributed by atoms with E-state index in [1.807, 2.05) is 0 Å². The molecule has 0 aliphatic heterocycles. The van der Waals surface area contributed by atoms with Gasteiger partial charge in [-0.15, -0.1) is 10.2 Å². The molecule has 1 aromatic heterocycles. The minimum absolute atomic E-state index is 0.0211. The molecule has 0 aliphatic carbocycles. The van der Waals surface area contributed by atoms with Crippen LogP contribution in [-0.4, -0.2) is 35.9 Å². The second kappa shape index (κ2) is 8.31. The Morgan fingerprint density at radius 1 is 1.14 bits per heavy atom. The van der Waals surface area contributed by atoms with Crippen LogP contribution in [0.3, 0.4) is 0 Å². The molecule has 0 saturated carbocycles. The Balaban J connectivity index is 1.71. The van der Waals surface area contributed by atoms with Crippen molar-refractivity contribution in [2.24, 2.45) is 0 Å². The van der Waals surface area contributed by atoms with E-state index in [4.69, 9.17) is 11.6 Å². The van der Waals surface area contributed by atoms with E-state index in [1.54, 1.807) is 24.3 Å². The van der Waals surface area contributed by atoms with Crippen LogP contribution in [0.1, 0.15) is 15.9 Å². The largest absolute Gasteiger partial charge is 0.296 e. The Morgan fingerprint density at radius 2 is 1.79 bits per heavy atom. The number of sulfonamides is 1. The minimum atomic E-state index is -3.89. The molecule has 0 bridgehead atoms. The fourth-order valence-corrected chi connectivity index (χ4v) is 4.57. The number of nitrogens with zero attached hydrogens (tertiary/aromatic N) is 3. The molecule has 0 aliphatic rings. The van der Waals surface area contributed by atoms with Crippen molar-refractivity contribution in [1.29, 1.82) is 0 Å². The summed E-state index contributed by atoms with van der Waals surface area (Å²) in [6.07, 6.45) is 0. The van der Waals surface area contributed by atoms with Gasteiger partial charge < -0.3 is 0 Å². The number of benzene rings is 2. The Morgan fingerprint density at radius 3 is 2.43 bits per heavy atom. The van der Waals surface area contributed by atoms with Crippen molar-refractivity contribution in [2.45, 2.75) is 10.9 Å². The highest BCUT2D eigenvalue weighted by Crippen LogP contribution is 2.24. The molecule has 2 aromatic carbocycles. The first kappa shape index (κ1) is 20.3. The fraction of sp³-hybridized carbons (Fsp3) is 0.118. The van der Waals surface area contributed by atoms with Gasteiger partial charge in [0.25, 0.3) is 15.9 Å². The van der Waals surface area contributed by atoms with E-state index in [-0.39, 0.29) is 21.6 Å². The number of hydrogen-bond acceptors (Lipinski definition) is 6.